The highest BCUT2D eigenvalue weighted by Gasteiger charge is 2.13. The van der Waals surface area contributed by atoms with Crippen molar-refractivity contribution in [1.29, 1.82) is 0 Å². The fraction of sp³-hybridized carbons (Fsp3) is 0.462. The first kappa shape index (κ1) is 14.3. The van der Waals surface area contributed by atoms with E-state index in [1.54, 1.807) is 18.2 Å². The Morgan fingerprint density at radius 2 is 2.06 bits per heavy atom. The van der Waals surface area contributed by atoms with Crippen LogP contribution in [0.5, 0.6) is 0 Å². The first-order valence-electron chi connectivity index (χ1n) is 5.60. The monoisotopic (exact) mass is 273 g/mol. The summed E-state index contributed by atoms with van der Waals surface area (Å²) in [5.74, 6) is 0.230. The molecule has 1 atom stereocenters. The minimum Gasteiger partial charge on any atom is -0.351 e. The van der Waals surface area contributed by atoms with Gasteiger partial charge in [0.25, 0.3) is 5.91 Å². The van der Waals surface area contributed by atoms with E-state index < -0.39 is 0 Å². The van der Waals surface area contributed by atoms with Crippen LogP contribution in [-0.4, -0.2) is 17.8 Å². The SMILES string of the molecule is Cc1cc(Cl)ccc1C(=O)NCC(Cl)C(C)C. The highest BCUT2D eigenvalue weighted by atomic mass is 35.5. The minimum atomic E-state index is -0.106. The van der Waals surface area contributed by atoms with Crippen molar-refractivity contribution < 1.29 is 4.79 Å². The number of halogens is 2. The number of aryl methyl sites for hydroxylation is 1. The van der Waals surface area contributed by atoms with Crippen LogP contribution in [0.2, 0.25) is 5.02 Å². The Morgan fingerprint density at radius 3 is 2.59 bits per heavy atom. The smallest absolute Gasteiger partial charge is 0.251 e. The van der Waals surface area contributed by atoms with E-state index >= 15 is 0 Å². The summed E-state index contributed by atoms with van der Waals surface area (Å²) in [6.45, 7) is 6.39. The Morgan fingerprint density at radius 1 is 1.41 bits per heavy atom. The third-order valence-electron chi connectivity index (χ3n) is 2.61. The fourth-order valence-electron chi connectivity index (χ4n) is 1.40. The van der Waals surface area contributed by atoms with Crippen molar-refractivity contribution >= 4 is 29.1 Å². The van der Waals surface area contributed by atoms with E-state index in [1.165, 1.54) is 0 Å². The number of alkyl halides is 1. The molecule has 0 spiro atoms. The van der Waals surface area contributed by atoms with E-state index in [9.17, 15) is 4.79 Å². The molecule has 1 rings (SSSR count). The van der Waals surface area contributed by atoms with E-state index in [1.807, 2.05) is 20.8 Å². The summed E-state index contributed by atoms with van der Waals surface area (Å²) in [7, 11) is 0. The van der Waals surface area contributed by atoms with Gasteiger partial charge < -0.3 is 5.32 Å². The summed E-state index contributed by atoms with van der Waals surface area (Å²) in [6.07, 6.45) is 0. The van der Waals surface area contributed by atoms with Gasteiger partial charge in [0, 0.05) is 17.1 Å². The predicted molar refractivity (Wildman–Crippen MR) is 73.0 cm³/mol. The molecule has 0 aliphatic heterocycles. The molecule has 0 radical (unpaired) electrons. The molecule has 0 saturated carbocycles. The first-order chi connectivity index (χ1) is 7.91. The van der Waals surface area contributed by atoms with Crippen LogP contribution in [0.1, 0.15) is 29.8 Å². The van der Waals surface area contributed by atoms with Gasteiger partial charge in [-0.25, -0.2) is 0 Å². The fourth-order valence-corrected chi connectivity index (χ4v) is 1.71. The van der Waals surface area contributed by atoms with Crippen molar-refractivity contribution in [1.82, 2.24) is 5.32 Å². The normalized spacial score (nSPS) is 12.6. The molecule has 0 aromatic heterocycles. The Labute approximate surface area is 112 Å². The molecule has 1 aromatic rings. The van der Waals surface area contributed by atoms with Gasteiger partial charge in [-0.05, 0) is 36.6 Å². The summed E-state index contributed by atoms with van der Waals surface area (Å²) >= 11 is 11.9. The molecule has 1 unspecified atom stereocenters. The standard InChI is InChI=1S/C13H17Cl2NO/c1-8(2)12(15)7-16-13(17)11-5-4-10(14)6-9(11)3/h4-6,8,12H,7H2,1-3H3,(H,16,17). The topological polar surface area (TPSA) is 29.1 Å². The van der Waals surface area contributed by atoms with Gasteiger partial charge in [0.2, 0.25) is 0 Å². The van der Waals surface area contributed by atoms with Crippen LogP contribution in [-0.2, 0) is 0 Å². The number of hydrogen-bond acceptors (Lipinski definition) is 1. The van der Waals surface area contributed by atoms with Crippen molar-refractivity contribution in [3.8, 4) is 0 Å². The van der Waals surface area contributed by atoms with Crippen LogP contribution in [0, 0.1) is 12.8 Å². The second-order valence-electron chi connectivity index (χ2n) is 4.43. The van der Waals surface area contributed by atoms with Crippen molar-refractivity contribution in [2.24, 2.45) is 5.92 Å². The van der Waals surface area contributed by atoms with Crippen LogP contribution < -0.4 is 5.32 Å². The number of carbonyl (C=O) groups is 1. The second-order valence-corrected chi connectivity index (χ2v) is 5.43. The number of hydrogen-bond donors (Lipinski definition) is 1. The van der Waals surface area contributed by atoms with Crippen LogP contribution in [0.4, 0.5) is 0 Å². The lowest BCUT2D eigenvalue weighted by Gasteiger charge is -2.14. The Balaban J connectivity index is 2.64. The van der Waals surface area contributed by atoms with E-state index in [0.29, 0.717) is 23.0 Å². The number of rotatable bonds is 4. The maximum absolute atomic E-state index is 11.9. The molecule has 1 N–H and O–H groups in total. The number of amides is 1. The second kappa shape index (κ2) is 6.27. The molecule has 1 amide bonds. The molecule has 2 nitrogen and oxygen atoms in total. The molecule has 0 saturated heterocycles. The highest BCUT2D eigenvalue weighted by molar-refractivity contribution is 6.30. The van der Waals surface area contributed by atoms with Gasteiger partial charge in [-0.3, -0.25) is 4.79 Å². The molecule has 0 aliphatic carbocycles. The largest absolute Gasteiger partial charge is 0.351 e. The van der Waals surface area contributed by atoms with E-state index in [4.69, 9.17) is 23.2 Å². The minimum absolute atomic E-state index is 0.0495. The highest BCUT2D eigenvalue weighted by Crippen LogP contribution is 2.15. The lowest BCUT2D eigenvalue weighted by atomic mass is 10.1. The Kier molecular flexibility index (Phi) is 5.29. The molecule has 94 valence electrons. The van der Waals surface area contributed by atoms with Crippen LogP contribution in [0.3, 0.4) is 0 Å². The third kappa shape index (κ3) is 4.21. The van der Waals surface area contributed by atoms with Gasteiger partial charge in [-0.1, -0.05) is 25.4 Å². The molecule has 17 heavy (non-hydrogen) atoms. The van der Waals surface area contributed by atoms with Crippen LogP contribution in [0.25, 0.3) is 0 Å². The van der Waals surface area contributed by atoms with E-state index in [0.717, 1.165) is 5.56 Å². The average molecular weight is 274 g/mol. The van der Waals surface area contributed by atoms with Gasteiger partial charge in [-0.15, -0.1) is 11.6 Å². The lowest BCUT2D eigenvalue weighted by Crippen LogP contribution is -2.32. The zero-order valence-electron chi connectivity index (χ0n) is 10.3. The van der Waals surface area contributed by atoms with Gasteiger partial charge in [0.15, 0.2) is 0 Å². The summed E-state index contributed by atoms with van der Waals surface area (Å²) in [6, 6.07) is 5.22. The van der Waals surface area contributed by atoms with E-state index in [-0.39, 0.29) is 11.3 Å². The van der Waals surface area contributed by atoms with Gasteiger partial charge in [0.1, 0.15) is 0 Å². The molecule has 0 bridgehead atoms. The Hall–Kier alpha value is -0.730. The lowest BCUT2D eigenvalue weighted by molar-refractivity contribution is 0.0952. The molecule has 0 heterocycles. The van der Waals surface area contributed by atoms with Crippen molar-refractivity contribution in [3.63, 3.8) is 0 Å². The number of benzene rings is 1. The zero-order chi connectivity index (χ0) is 13.0. The quantitative estimate of drug-likeness (QED) is 0.834. The van der Waals surface area contributed by atoms with Crippen LogP contribution in [0.15, 0.2) is 18.2 Å². The Bertz CT molecular complexity index is 404. The third-order valence-corrected chi connectivity index (χ3v) is 3.51. The maximum Gasteiger partial charge on any atom is 0.251 e. The van der Waals surface area contributed by atoms with Crippen molar-refractivity contribution in [3.05, 3.63) is 34.3 Å². The van der Waals surface area contributed by atoms with Crippen molar-refractivity contribution in [2.75, 3.05) is 6.54 Å². The predicted octanol–water partition coefficient (Wildman–Crippen LogP) is 3.64. The van der Waals surface area contributed by atoms with Gasteiger partial charge in [0.05, 0.1) is 5.38 Å². The summed E-state index contributed by atoms with van der Waals surface area (Å²) in [5.41, 5.74) is 1.51. The average Bonchev–Trinajstić information content (AvgIpc) is 2.25. The van der Waals surface area contributed by atoms with Gasteiger partial charge in [-0.2, -0.15) is 0 Å². The number of nitrogens with one attached hydrogen (secondary N) is 1. The van der Waals surface area contributed by atoms with Crippen LogP contribution >= 0.6 is 23.2 Å². The first-order valence-corrected chi connectivity index (χ1v) is 6.41. The molecular weight excluding hydrogens is 257 g/mol. The summed E-state index contributed by atoms with van der Waals surface area (Å²) in [5, 5.41) is 3.41. The molecule has 4 heteroatoms. The molecule has 0 fully saturated rings. The zero-order valence-corrected chi connectivity index (χ0v) is 11.8. The maximum atomic E-state index is 11.9. The summed E-state index contributed by atoms with van der Waals surface area (Å²) < 4.78 is 0. The van der Waals surface area contributed by atoms with Gasteiger partial charge >= 0.3 is 0 Å². The van der Waals surface area contributed by atoms with E-state index in [2.05, 4.69) is 5.32 Å². The molecule has 1 aromatic carbocycles. The van der Waals surface area contributed by atoms with Crippen molar-refractivity contribution in [2.45, 2.75) is 26.1 Å². The number of carbonyl (C=O) groups excluding carboxylic acids is 1. The molecule has 0 aliphatic rings. The summed E-state index contributed by atoms with van der Waals surface area (Å²) in [4.78, 5) is 11.9. The molecular formula is C13H17Cl2NO.